The zero-order valence-corrected chi connectivity index (χ0v) is 14.8. The molecule has 2 fully saturated rings. The standard InChI is InChI=1S/C22H20N2O3/c25-18(23-17-7-3-5-13-4-1-2-6-16(13)17)12-24-21(26)19-14-8-9-15(11-10-14)20(19)22(24)27/h1-9,14-15,19-20H,10-12H2,(H,23,25)/t14-,15-,19+,20+/m0/s1. The van der Waals surface area contributed by atoms with Crippen LogP contribution in [0.2, 0.25) is 0 Å². The third-order valence-electron chi connectivity index (χ3n) is 6.22. The number of nitrogens with zero attached hydrogens (tertiary/aromatic N) is 1. The molecule has 2 aromatic rings. The maximum atomic E-state index is 12.8. The van der Waals surface area contributed by atoms with Gasteiger partial charge < -0.3 is 5.32 Å². The van der Waals surface area contributed by atoms with Crippen LogP contribution in [0.1, 0.15) is 12.8 Å². The molecule has 0 spiro atoms. The van der Waals surface area contributed by atoms with Crippen molar-refractivity contribution in [3.63, 3.8) is 0 Å². The Hall–Kier alpha value is -2.95. The molecule has 136 valence electrons. The van der Waals surface area contributed by atoms with E-state index in [1.165, 1.54) is 4.90 Å². The highest BCUT2D eigenvalue weighted by Gasteiger charge is 2.56. The SMILES string of the molecule is O=C(CN1C(=O)[C@H]2[C@H](C1=O)[C@H]1C=C[C@H]2CC1)Nc1cccc2ccccc12. The number of benzene rings is 2. The van der Waals surface area contributed by atoms with Gasteiger partial charge in [-0.25, -0.2) is 0 Å². The Bertz CT molecular complexity index is 959. The lowest BCUT2D eigenvalue weighted by Crippen LogP contribution is -2.38. The van der Waals surface area contributed by atoms with Crippen LogP contribution < -0.4 is 5.32 Å². The smallest absolute Gasteiger partial charge is 0.244 e. The van der Waals surface area contributed by atoms with E-state index in [2.05, 4.69) is 17.5 Å². The van der Waals surface area contributed by atoms with Gasteiger partial charge in [-0.1, -0.05) is 48.6 Å². The topological polar surface area (TPSA) is 66.5 Å². The van der Waals surface area contributed by atoms with E-state index >= 15 is 0 Å². The van der Waals surface area contributed by atoms with Crippen LogP contribution in [0.4, 0.5) is 5.69 Å². The minimum atomic E-state index is -0.341. The van der Waals surface area contributed by atoms with E-state index < -0.39 is 0 Å². The molecule has 1 saturated heterocycles. The minimum Gasteiger partial charge on any atom is -0.324 e. The number of carbonyl (C=O) groups excluding carboxylic acids is 3. The molecule has 1 saturated carbocycles. The Morgan fingerprint density at radius 1 is 0.926 bits per heavy atom. The van der Waals surface area contributed by atoms with Gasteiger partial charge in [0.1, 0.15) is 6.54 Å². The molecule has 2 bridgehead atoms. The first-order chi connectivity index (χ1) is 13.1. The second-order valence-corrected chi connectivity index (χ2v) is 7.68. The highest BCUT2D eigenvalue weighted by atomic mass is 16.2. The van der Waals surface area contributed by atoms with E-state index in [0.29, 0.717) is 5.69 Å². The number of likely N-dealkylation sites (tertiary alicyclic amines) is 1. The summed E-state index contributed by atoms with van der Waals surface area (Å²) in [6.07, 6.45) is 6.08. The van der Waals surface area contributed by atoms with Crippen LogP contribution in [0, 0.1) is 23.7 Å². The molecule has 4 atom stereocenters. The summed E-state index contributed by atoms with van der Waals surface area (Å²) in [5.74, 6) is -0.968. The Kier molecular flexibility index (Phi) is 3.64. The van der Waals surface area contributed by atoms with Crippen LogP contribution in [-0.4, -0.2) is 29.2 Å². The first-order valence-corrected chi connectivity index (χ1v) is 9.44. The van der Waals surface area contributed by atoms with Crippen molar-refractivity contribution < 1.29 is 14.4 Å². The van der Waals surface area contributed by atoms with Gasteiger partial charge in [-0.2, -0.15) is 0 Å². The quantitative estimate of drug-likeness (QED) is 0.676. The van der Waals surface area contributed by atoms with E-state index in [1.54, 1.807) is 0 Å². The molecule has 5 heteroatoms. The normalized spacial score (nSPS) is 28.7. The molecule has 27 heavy (non-hydrogen) atoms. The fraction of sp³-hybridized carbons (Fsp3) is 0.318. The van der Waals surface area contributed by atoms with Crippen LogP contribution in [-0.2, 0) is 14.4 Å². The summed E-state index contributed by atoms with van der Waals surface area (Å²) in [7, 11) is 0. The molecule has 6 rings (SSSR count). The molecule has 1 heterocycles. The second-order valence-electron chi connectivity index (χ2n) is 7.68. The Labute approximate surface area is 157 Å². The first kappa shape index (κ1) is 16.2. The molecule has 3 amide bonds. The summed E-state index contributed by atoms with van der Waals surface area (Å²) in [5, 5.41) is 4.83. The number of carbonyl (C=O) groups is 3. The summed E-state index contributed by atoms with van der Waals surface area (Å²) in [4.78, 5) is 39.5. The Morgan fingerprint density at radius 2 is 1.56 bits per heavy atom. The largest absolute Gasteiger partial charge is 0.324 e. The fourth-order valence-corrected chi connectivity index (χ4v) is 4.96. The third-order valence-corrected chi connectivity index (χ3v) is 6.22. The van der Waals surface area contributed by atoms with Crippen molar-refractivity contribution in [3.05, 3.63) is 54.6 Å². The van der Waals surface area contributed by atoms with E-state index in [0.717, 1.165) is 23.6 Å². The van der Waals surface area contributed by atoms with Crippen molar-refractivity contribution >= 4 is 34.2 Å². The molecule has 5 nitrogen and oxygen atoms in total. The monoisotopic (exact) mass is 360 g/mol. The molecule has 0 radical (unpaired) electrons. The number of anilines is 1. The molecular formula is C22H20N2O3. The molecule has 2 aromatic carbocycles. The number of hydrogen-bond donors (Lipinski definition) is 1. The Balaban J connectivity index is 1.36. The van der Waals surface area contributed by atoms with E-state index in [1.807, 2.05) is 42.5 Å². The van der Waals surface area contributed by atoms with Gasteiger partial charge in [-0.05, 0) is 36.1 Å². The molecular weight excluding hydrogens is 340 g/mol. The van der Waals surface area contributed by atoms with Crippen molar-refractivity contribution in [2.24, 2.45) is 23.7 Å². The zero-order chi connectivity index (χ0) is 18.5. The second kappa shape index (κ2) is 6.05. The van der Waals surface area contributed by atoms with Crippen molar-refractivity contribution in [2.75, 3.05) is 11.9 Å². The van der Waals surface area contributed by atoms with Crippen LogP contribution in [0.5, 0.6) is 0 Å². The number of nitrogens with one attached hydrogen (secondary N) is 1. The summed E-state index contributed by atoms with van der Waals surface area (Å²) in [6, 6.07) is 13.5. The van der Waals surface area contributed by atoms with Crippen molar-refractivity contribution in [3.8, 4) is 0 Å². The average molecular weight is 360 g/mol. The number of allylic oxidation sites excluding steroid dienone is 2. The third kappa shape index (κ3) is 2.49. The molecule has 1 N–H and O–H groups in total. The zero-order valence-electron chi connectivity index (χ0n) is 14.8. The van der Waals surface area contributed by atoms with Gasteiger partial charge >= 0.3 is 0 Å². The van der Waals surface area contributed by atoms with Gasteiger partial charge in [-0.15, -0.1) is 0 Å². The van der Waals surface area contributed by atoms with Crippen LogP contribution in [0.15, 0.2) is 54.6 Å². The summed E-state index contributed by atoms with van der Waals surface area (Å²) < 4.78 is 0. The number of rotatable bonds is 3. The number of hydrogen-bond acceptors (Lipinski definition) is 3. The highest BCUT2D eigenvalue weighted by molar-refractivity contribution is 6.10. The van der Waals surface area contributed by atoms with Gasteiger partial charge in [0.25, 0.3) is 0 Å². The maximum Gasteiger partial charge on any atom is 0.244 e. The predicted octanol–water partition coefficient (Wildman–Crippen LogP) is 2.98. The number of imide groups is 1. The van der Waals surface area contributed by atoms with Crippen LogP contribution in [0.25, 0.3) is 10.8 Å². The van der Waals surface area contributed by atoms with Crippen LogP contribution in [0.3, 0.4) is 0 Å². The molecule has 0 aromatic heterocycles. The van der Waals surface area contributed by atoms with Gasteiger partial charge in [-0.3, -0.25) is 19.3 Å². The van der Waals surface area contributed by atoms with E-state index in [4.69, 9.17) is 0 Å². The lowest BCUT2D eigenvalue weighted by atomic mass is 9.63. The number of fused-ring (bicyclic) bond motifs is 2. The van der Waals surface area contributed by atoms with Gasteiger partial charge in [0.2, 0.25) is 17.7 Å². The average Bonchev–Trinajstić information content (AvgIpc) is 2.96. The first-order valence-electron chi connectivity index (χ1n) is 9.44. The van der Waals surface area contributed by atoms with Gasteiger partial charge in [0.15, 0.2) is 0 Å². The highest BCUT2D eigenvalue weighted by Crippen LogP contribution is 2.49. The summed E-state index contributed by atoms with van der Waals surface area (Å²) >= 11 is 0. The Morgan fingerprint density at radius 3 is 2.22 bits per heavy atom. The molecule has 3 aliphatic carbocycles. The van der Waals surface area contributed by atoms with Crippen molar-refractivity contribution in [2.45, 2.75) is 12.8 Å². The van der Waals surface area contributed by atoms with Gasteiger partial charge in [0, 0.05) is 11.1 Å². The van der Waals surface area contributed by atoms with Crippen molar-refractivity contribution in [1.82, 2.24) is 4.90 Å². The molecule has 0 unspecified atom stereocenters. The number of amides is 3. The molecule has 1 aliphatic heterocycles. The van der Waals surface area contributed by atoms with Crippen LogP contribution >= 0.6 is 0 Å². The van der Waals surface area contributed by atoms with E-state index in [9.17, 15) is 14.4 Å². The summed E-state index contributed by atoms with van der Waals surface area (Å²) in [5.41, 5.74) is 0.691. The lowest BCUT2D eigenvalue weighted by Gasteiger charge is -2.38. The minimum absolute atomic E-state index is 0.141. The maximum absolute atomic E-state index is 12.8. The lowest BCUT2D eigenvalue weighted by molar-refractivity contribution is -0.142. The van der Waals surface area contributed by atoms with Gasteiger partial charge in [0.05, 0.1) is 11.8 Å². The fourth-order valence-electron chi connectivity index (χ4n) is 4.96. The molecule has 4 aliphatic rings. The summed E-state index contributed by atoms with van der Waals surface area (Å²) in [6.45, 7) is -0.215. The van der Waals surface area contributed by atoms with E-state index in [-0.39, 0.29) is 47.9 Å². The van der Waals surface area contributed by atoms with Crippen molar-refractivity contribution in [1.29, 1.82) is 0 Å². The predicted molar refractivity (Wildman–Crippen MR) is 102 cm³/mol.